The van der Waals surface area contributed by atoms with Gasteiger partial charge in [0.05, 0.1) is 11.1 Å². The van der Waals surface area contributed by atoms with Crippen molar-refractivity contribution in [1.82, 2.24) is 0 Å². The Morgan fingerprint density at radius 3 is 2.32 bits per heavy atom. The fraction of sp³-hybridized carbons (Fsp3) is 0.250. The molecule has 2 aliphatic carbocycles. The lowest BCUT2D eigenvalue weighted by molar-refractivity contribution is -0.119. The summed E-state index contributed by atoms with van der Waals surface area (Å²) in [5, 5.41) is 41.9. The Morgan fingerprint density at radius 2 is 1.68 bits per heavy atom. The molecule has 0 amide bonds. The first-order chi connectivity index (χ1) is 13.1. The van der Waals surface area contributed by atoms with Gasteiger partial charge in [0.25, 0.3) is 0 Å². The van der Waals surface area contributed by atoms with E-state index in [1.165, 1.54) is 25.3 Å². The van der Waals surface area contributed by atoms with Gasteiger partial charge in [-0.25, -0.2) is 0 Å². The number of phenolic OH excluding ortho intramolecular Hbond substituents is 2. The van der Waals surface area contributed by atoms with E-state index in [1.54, 1.807) is 0 Å². The van der Waals surface area contributed by atoms with Crippen LogP contribution in [0.5, 0.6) is 11.5 Å². The number of fused-ring (bicyclic) bond motifs is 3. The first kappa shape index (κ1) is 18.3. The molecular formula is C20H16O8. The van der Waals surface area contributed by atoms with Crippen LogP contribution in [0.3, 0.4) is 0 Å². The SMILES string of the molecule is CO[C@H]1[C@H](O)c2c(cc3c(c2O)C(=O)c2c(O)cccc2C3=O)C(=O)[C@@]1(C)O. The van der Waals surface area contributed by atoms with Crippen molar-refractivity contribution < 1.29 is 39.5 Å². The zero-order valence-electron chi connectivity index (χ0n) is 14.9. The number of phenols is 2. The average Bonchev–Trinajstić information content (AvgIpc) is 2.63. The first-order valence-corrected chi connectivity index (χ1v) is 8.42. The smallest absolute Gasteiger partial charge is 0.201 e. The van der Waals surface area contributed by atoms with Gasteiger partial charge in [0.1, 0.15) is 23.7 Å². The summed E-state index contributed by atoms with van der Waals surface area (Å²) in [5.74, 6) is -3.52. The molecule has 0 aromatic heterocycles. The summed E-state index contributed by atoms with van der Waals surface area (Å²) in [5.41, 5.74) is -3.68. The Balaban J connectivity index is 2.05. The number of aliphatic hydroxyl groups is 2. The summed E-state index contributed by atoms with van der Waals surface area (Å²) in [7, 11) is 1.18. The molecule has 0 saturated heterocycles. The Bertz CT molecular complexity index is 1080. The highest BCUT2D eigenvalue weighted by Gasteiger charge is 2.52. The van der Waals surface area contributed by atoms with Gasteiger partial charge >= 0.3 is 0 Å². The standard InChI is InChI=1S/C20H16O8/c1-20(27)18(26)9-6-8-12(16(24)13(9)17(25)19(20)28-2)15(23)11-7(14(8)22)4-3-5-10(11)21/h3-6,17,19,21,24-25,27H,1-2H3/t17-,19+,20-/m1/s1. The van der Waals surface area contributed by atoms with E-state index in [0.717, 1.165) is 13.0 Å². The molecule has 4 N–H and O–H groups in total. The number of aliphatic hydroxyl groups excluding tert-OH is 1. The van der Waals surface area contributed by atoms with Crippen molar-refractivity contribution in [2.45, 2.75) is 24.7 Å². The summed E-state index contributed by atoms with van der Waals surface area (Å²) < 4.78 is 5.04. The fourth-order valence-corrected chi connectivity index (χ4v) is 4.04. The molecule has 0 aliphatic heterocycles. The van der Waals surface area contributed by atoms with Crippen molar-refractivity contribution >= 4 is 17.3 Å². The Kier molecular flexibility index (Phi) is 3.73. The molecule has 8 nitrogen and oxygen atoms in total. The number of carbonyl (C=O) groups is 3. The number of rotatable bonds is 1. The predicted octanol–water partition coefficient (Wildman–Crippen LogP) is 0.869. The zero-order chi connectivity index (χ0) is 20.5. The lowest BCUT2D eigenvalue weighted by Gasteiger charge is -2.39. The lowest BCUT2D eigenvalue weighted by Crippen LogP contribution is -2.54. The maximum absolute atomic E-state index is 12.9. The van der Waals surface area contributed by atoms with E-state index < -0.39 is 52.2 Å². The molecule has 8 heteroatoms. The quantitative estimate of drug-likeness (QED) is 0.484. The average molecular weight is 384 g/mol. The van der Waals surface area contributed by atoms with E-state index in [0.29, 0.717) is 0 Å². The number of methoxy groups -OCH3 is 1. The van der Waals surface area contributed by atoms with Gasteiger partial charge in [-0.15, -0.1) is 0 Å². The third kappa shape index (κ3) is 2.07. The second-order valence-corrected chi connectivity index (χ2v) is 7.04. The first-order valence-electron chi connectivity index (χ1n) is 8.42. The molecule has 28 heavy (non-hydrogen) atoms. The Morgan fingerprint density at radius 1 is 1.00 bits per heavy atom. The molecule has 0 unspecified atom stereocenters. The van der Waals surface area contributed by atoms with Crippen LogP contribution in [0.1, 0.15) is 60.8 Å². The monoisotopic (exact) mass is 384 g/mol. The topological polar surface area (TPSA) is 141 Å². The fourth-order valence-electron chi connectivity index (χ4n) is 4.04. The van der Waals surface area contributed by atoms with Crippen molar-refractivity contribution in [3.05, 3.63) is 57.6 Å². The highest BCUT2D eigenvalue weighted by atomic mass is 16.5. The van der Waals surface area contributed by atoms with Crippen molar-refractivity contribution in [3.8, 4) is 11.5 Å². The van der Waals surface area contributed by atoms with Crippen LogP contribution in [0, 0.1) is 0 Å². The number of Topliss-reactive ketones (excluding diaryl/α,β-unsaturated/α-hetero) is 1. The Labute approximate surface area is 158 Å². The molecule has 0 saturated carbocycles. The van der Waals surface area contributed by atoms with Crippen LogP contribution >= 0.6 is 0 Å². The van der Waals surface area contributed by atoms with E-state index in [4.69, 9.17) is 4.74 Å². The second-order valence-electron chi connectivity index (χ2n) is 7.04. The van der Waals surface area contributed by atoms with Crippen molar-refractivity contribution in [2.24, 2.45) is 0 Å². The summed E-state index contributed by atoms with van der Waals surface area (Å²) in [6.45, 7) is 1.16. The summed E-state index contributed by atoms with van der Waals surface area (Å²) in [6, 6.07) is 5.07. The van der Waals surface area contributed by atoms with E-state index in [-0.39, 0.29) is 27.8 Å². The molecule has 3 atom stereocenters. The van der Waals surface area contributed by atoms with Crippen LogP contribution in [-0.4, -0.2) is 56.6 Å². The molecule has 0 heterocycles. The number of aromatic hydroxyl groups is 2. The van der Waals surface area contributed by atoms with Gasteiger partial charge in [0.15, 0.2) is 17.2 Å². The molecule has 0 fully saturated rings. The van der Waals surface area contributed by atoms with E-state index in [9.17, 15) is 34.8 Å². The largest absolute Gasteiger partial charge is 0.507 e. The third-order valence-corrected chi connectivity index (χ3v) is 5.42. The predicted molar refractivity (Wildman–Crippen MR) is 93.8 cm³/mol. The minimum atomic E-state index is -2.11. The molecule has 0 radical (unpaired) electrons. The maximum atomic E-state index is 12.9. The second kappa shape index (κ2) is 5.71. The van der Waals surface area contributed by atoms with Crippen molar-refractivity contribution in [2.75, 3.05) is 7.11 Å². The van der Waals surface area contributed by atoms with E-state index in [2.05, 4.69) is 0 Å². The Hall–Kier alpha value is -3.07. The minimum Gasteiger partial charge on any atom is -0.507 e. The number of benzene rings is 2. The van der Waals surface area contributed by atoms with Crippen molar-refractivity contribution in [3.63, 3.8) is 0 Å². The van der Waals surface area contributed by atoms with Crippen LogP contribution in [0.4, 0.5) is 0 Å². The van der Waals surface area contributed by atoms with Crippen LogP contribution in [-0.2, 0) is 4.74 Å². The highest BCUT2D eigenvalue weighted by Crippen LogP contribution is 2.46. The maximum Gasteiger partial charge on any atom is 0.201 e. The molecule has 4 rings (SSSR count). The number of carbonyl (C=O) groups excluding carboxylic acids is 3. The molecule has 0 bridgehead atoms. The van der Waals surface area contributed by atoms with Gasteiger partial charge in [-0.3, -0.25) is 14.4 Å². The summed E-state index contributed by atoms with van der Waals surface area (Å²) in [4.78, 5) is 38.6. The molecular weight excluding hydrogens is 368 g/mol. The van der Waals surface area contributed by atoms with Gasteiger partial charge < -0.3 is 25.2 Å². The minimum absolute atomic E-state index is 0.0674. The number of hydrogen-bond acceptors (Lipinski definition) is 8. The number of hydrogen-bond donors (Lipinski definition) is 4. The molecule has 2 aliphatic rings. The van der Waals surface area contributed by atoms with Crippen molar-refractivity contribution in [1.29, 1.82) is 0 Å². The third-order valence-electron chi connectivity index (χ3n) is 5.42. The molecule has 2 aromatic rings. The van der Waals surface area contributed by atoms with Crippen LogP contribution < -0.4 is 0 Å². The normalized spacial score (nSPS) is 25.9. The molecule has 2 aromatic carbocycles. The zero-order valence-corrected chi connectivity index (χ0v) is 14.9. The molecule has 144 valence electrons. The summed E-state index contributed by atoms with van der Waals surface area (Å²) >= 11 is 0. The summed E-state index contributed by atoms with van der Waals surface area (Å²) in [6.07, 6.45) is -3.03. The van der Waals surface area contributed by atoms with Gasteiger partial charge in [-0.1, -0.05) is 12.1 Å². The highest BCUT2D eigenvalue weighted by molar-refractivity contribution is 6.31. The van der Waals surface area contributed by atoms with Crippen LogP contribution in [0.2, 0.25) is 0 Å². The number of ketones is 3. The number of ether oxygens (including phenoxy) is 1. The van der Waals surface area contributed by atoms with Gasteiger partial charge in [-0.05, 0) is 19.1 Å². The van der Waals surface area contributed by atoms with Crippen LogP contribution in [0.15, 0.2) is 24.3 Å². The van der Waals surface area contributed by atoms with E-state index in [1.807, 2.05) is 0 Å². The van der Waals surface area contributed by atoms with Crippen LogP contribution in [0.25, 0.3) is 0 Å². The van der Waals surface area contributed by atoms with Gasteiger partial charge in [0.2, 0.25) is 5.78 Å². The molecule has 0 spiro atoms. The lowest BCUT2D eigenvalue weighted by atomic mass is 9.72. The van der Waals surface area contributed by atoms with Gasteiger partial charge in [0, 0.05) is 29.4 Å². The van der Waals surface area contributed by atoms with Gasteiger partial charge in [-0.2, -0.15) is 0 Å². The van der Waals surface area contributed by atoms with E-state index >= 15 is 0 Å².